The van der Waals surface area contributed by atoms with Gasteiger partial charge in [-0.25, -0.2) is 4.98 Å². The lowest BCUT2D eigenvalue weighted by Crippen LogP contribution is -2.03. The number of aliphatic carboxylic acids is 1. The van der Waals surface area contributed by atoms with Crippen molar-refractivity contribution in [3.63, 3.8) is 0 Å². The number of aromatic nitrogens is 2. The third-order valence-electron chi connectivity index (χ3n) is 4.36. The number of aryl methyl sites for hydroxylation is 2. The van der Waals surface area contributed by atoms with Crippen LogP contribution in [0.4, 0.5) is 0 Å². The van der Waals surface area contributed by atoms with Crippen LogP contribution in [0.3, 0.4) is 0 Å². The van der Waals surface area contributed by atoms with Crippen molar-refractivity contribution in [1.82, 2.24) is 9.38 Å². The van der Waals surface area contributed by atoms with Crippen LogP contribution in [0.25, 0.3) is 16.9 Å². The van der Waals surface area contributed by atoms with Gasteiger partial charge < -0.3 is 9.51 Å². The predicted molar refractivity (Wildman–Crippen MR) is 95.4 cm³/mol. The monoisotopic (exact) mass is 322 g/mol. The van der Waals surface area contributed by atoms with Crippen LogP contribution in [0, 0.1) is 6.92 Å². The van der Waals surface area contributed by atoms with E-state index in [9.17, 15) is 4.79 Å². The Bertz CT molecular complexity index is 877. The van der Waals surface area contributed by atoms with Crippen molar-refractivity contribution in [1.29, 1.82) is 0 Å². The van der Waals surface area contributed by atoms with Crippen molar-refractivity contribution < 1.29 is 9.90 Å². The molecule has 2 heterocycles. The fourth-order valence-corrected chi connectivity index (χ4v) is 3.04. The van der Waals surface area contributed by atoms with Crippen LogP contribution < -0.4 is 0 Å². The second kappa shape index (κ2) is 6.48. The number of hydrogen-bond acceptors (Lipinski definition) is 2. The second-order valence-corrected chi connectivity index (χ2v) is 6.44. The molecule has 0 unspecified atom stereocenters. The molecule has 0 radical (unpaired) electrons. The van der Waals surface area contributed by atoms with Gasteiger partial charge in [0.25, 0.3) is 0 Å². The van der Waals surface area contributed by atoms with Crippen molar-refractivity contribution in [3.8, 4) is 11.3 Å². The number of carboxylic acid groups (broad SMARTS) is 1. The average Bonchev–Trinajstić information content (AvgIpc) is 2.93. The molecule has 0 fully saturated rings. The van der Waals surface area contributed by atoms with Gasteiger partial charge in [0.05, 0.1) is 17.8 Å². The first-order chi connectivity index (χ1) is 11.5. The van der Waals surface area contributed by atoms with E-state index in [1.54, 1.807) is 0 Å². The zero-order valence-electron chi connectivity index (χ0n) is 14.3. The number of pyridine rings is 1. The topological polar surface area (TPSA) is 54.6 Å². The van der Waals surface area contributed by atoms with Gasteiger partial charge in [-0.05, 0) is 30.5 Å². The molecule has 0 bridgehead atoms. The summed E-state index contributed by atoms with van der Waals surface area (Å²) >= 11 is 0. The number of benzene rings is 1. The number of carboxylic acids is 1. The van der Waals surface area contributed by atoms with E-state index in [1.165, 1.54) is 5.56 Å². The number of imidazole rings is 1. The molecule has 0 saturated carbocycles. The SMILES string of the molecule is Cc1cccc2nc(-c3ccc(C(C)C)cc3)c(CCC(=O)O)n12. The standard InChI is InChI=1S/C20H22N2O2/c1-13(2)15-7-9-16(10-8-15)20-17(11-12-19(23)24)22-14(3)5-4-6-18(22)21-20/h4-10,13H,11-12H2,1-3H3,(H,23,24). The zero-order chi connectivity index (χ0) is 17.3. The van der Waals surface area contributed by atoms with Gasteiger partial charge in [0.1, 0.15) is 5.65 Å². The molecule has 0 spiro atoms. The third kappa shape index (κ3) is 3.04. The number of hydrogen-bond donors (Lipinski definition) is 1. The smallest absolute Gasteiger partial charge is 0.303 e. The van der Waals surface area contributed by atoms with Gasteiger partial charge in [-0.15, -0.1) is 0 Å². The first-order valence-corrected chi connectivity index (χ1v) is 8.26. The van der Waals surface area contributed by atoms with E-state index in [0.29, 0.717) is 12.3 Å². The zero-order valence-corrected chi connectivity index (χ0v) is 14.3. The van der Waals surface area contributed by atoms with Gasteiger partial charge in [0, 0.05) is 17.7 Å². The van der Waals surface area contributed by atoms with Crippen LogP contribution in [0.15, 0.2) is 42.5 Å². The fourth-order valence-electron chi connectivity index (χ4n) is 3.04. The van der Waals surface area contributed by atoms with Crippen LogP contribution >= 0.6 is 0 Å². The van der Waals surface area contributed by atoms with Gasteiger partial charge in [0.15, 0.2) is 0 Å². The van der Waals surface area contributed by atoms with Crippen LogP contribution in [-0.4, -0.2) is 20.5 Å². The molecule has 4 nitrogen and oxygen atoms in total. The van der Waals surface area contributed by atoms with Gasteiger partial charge >= 0.3 is 5.97 Å². The maximum absolute atomic E-state index is 11.1. The summed E-state index contributed by atoms with van der Waals surface area (Å²) in [4.78, 5) is 15.8. The molecule has 1 N–H and O–H groups in total. The molecule has 2 aromatic heterocycles. The molecule has 3 rings (SSSR count). The Morgan fingerprint density at radius 3 is 2.50 bits per heavy atom. The molecule has 124 valence electrons. The minimum Gasteiger partial charge on any atom is -0.481 e. The highest BCUT2D eigenvalue weighted by molar-refractivity contribution is 5.70. The fraction of sp³-hybridized carbons (Fsp3) is 0.300. The quantitative estimate of drug-likeness (QED) is 0.755. The number of fused-ring (bicyclic) bond motifs is 1. The first-order valence-electron chi connectivity index (χ1n) is 8.26. The maximum Gasteiger partial charge on any atom is 0.303 e. The molecule has 0 atom stereocenters. The van der Waals surface area contributed by atoms with Crippen molar-refractivity contribution in [3.05, 3.63) is 59.4 Å². The Morgan fingerprint density at radius 2 is 1.88 bits per heavy atom. The maximum atomic E-state index is 11.1. The summed E-state index contributed by atoms with van der Waals surface area (Å²) in [6.07, 6.45) is 0.557. The van der Waals surface area contributed by atoms with Gasteiger partial charge in [-0.3, -0.25) is 4.79 Å². The normalized spacial score (nSPS) is 11.3. The Hall–Kier alpha value is -2.62. The van der Waals surface area contributed by atoms with Gasteiger partial charge in [-0.1, -0.05) is 44.2 Å². The van der Waals surface area contributed by atoms with Crippen LogP contribution in [-0.2, 0) is 11.2 Å². The van der Waals surface area contributed by atoms with Crippen LogP contribution in [0.1, 0.15) is 43.1 Å². The molecule has 0 aliphatic carbocycles. The van der Waals surface area contributed by atoms with E-state index in [-0.39, 0.29) is 6.42 Å². The van der Waals surface area contributed by atoms with Crippen molar-refractivity contribution in [2.24, 2.45) is 0 Å². The second-order valence-electron chi connectivity index (χ2n) is 6.44. The van der Waals surface area contributed by atoms with Crippen molar-refractivity contribution in [2.45, 2.75) is 39.5 Å². The molecule has 0 amide bonds. The lowest BCUT2D eigenvalue weighted by atomic mass is 10.00. The highest BCUT2D eigenvalue weighted by atomic mass is 16.4. The average molecular weight is 322 g/mol. The lowest BCUT2D eigenvalue weighted by Gasteiger charge is -2.08. The highest BCUT2D eigenvalue weighted by Crippen LogP contribution is 2.28. The Balaban J connectivity index is 2.13. The molecule has 1 aromatic carbocycles. The lowest BCUT2D eigenvalue weighted by molar-refractivity contribution is -0.136. The van der Waals surface area contributed by atoms with Gasteiger partial charge in [-0.2, -0.15) is 0 Å². The highest BCUT2D eigenvalue weighted by Gasteiger charge is 2.16. The Kier molecular flexibility index (Phi) is 4.38. The molecule has 24 heavy (non-hydrogen) atoms. The molecule has 0 aliphatic rings. The summed E-state index contributed by atoms with van der Waals surface area (Å²) in [5.41, 5.74) is 6.07. The number of carbonyl (C=O) groups is 1. The largest absolute Gasteiger partial charge is 0.481 e. The van der Waals surface area contributed by atoms with E-state index in [1.807, 2.05) is 25.1 Å². The van der Waals surface area contributed by atoms with Crippen LogP contribution in [0.2, 0.25) is 0 Å². The van der Waals surface area contributed by atoms with E-state index in [0.717, 1.165) is 28.3 Å². The summed E-state index contributed by atoms with van der Waals surface area (Å²) in [5, 5.41) is 9.08. The predicted octanol–water partition coefficient (Wildman–Crippen LogP) is 4.45. The molecule has 0 aliphatic heterocycles. The molecular formula is C20H22N2O2. The summed E-state index contributed by atoms with van der Waals surface area (Å²) in [5.74, 6) is -0.312. The summed E-state index contributed by atoms with van der Waals surface area (Å²) in [7, 11) is 0. The summed E-state index contributed by atoms with van der Waals surface area (Å²) in [6, 6.07) is 14.4. The molecule has 3 aromatic rings. The Morgan fingerprint density at radius 1 is 1.17 bits per heavy atom. The van der Waals surface area contributed by atoms with Crippen LogP contribution in [0.5, 0.6) is 0 Å². The number of nitrogens with zero attached hydrogens (tertiary/aromatic N) is 2. The minimum absolute atomic E-state index is 0.0964. The third-order valence-corrected chi connectivity index (χ3v) is 4.36. The Labute approximate surface area is 141 Å². The van der Waals surface area contributed by atoms with E-state index in [2.05, 4.69) is 42.5 Å². The molecular weight excluding hydrogens is 300 g/mol. The van der Waals surface area contributed by atoms with Crippen molar-refractivity contribution in [2.75, 3.05) is 0 Å². The molecule has 4 heteroatoms. The summed E-state index contributed by atoms with van der Waals surface area (Å²) in [6.45, 7) is 6.35. The molecule has 0 saturated heterocycles. The minimum atomic E-state index is -0.792. The van der Waals surface area contributed by atoms with Crippen molar-refractivity contribution >= 4 is 11.6 Å². The van der Waals surface area contributed by atoms with E-state index < -0.39 is 5.97 Å². The van der Waals surface area contributed by atoms with E-state index >= 15 is 0 Å². The summed E-state index contributed by atoms with van der Waals surface area (Å²) < 4.78 is 2.06. The first kappa shape index (κ1) is 16.2. The van der Waals surface area contributed by atoms with Gasteiger partial charge in [0.2, 0.25) is 0 Å². The number of rotatable bonds is 5. The van der Waals surface area contributed by atoms with E-state index in [4.69, 9.17) is 10.1 Å².